The number of nitrogens with two attached hydrogens (primary N) is 1. The van der Waals surface area contributed by atoms with Gasteiger partial charge in [-0.3, -0.25) is 4.98 Å². The number of rotatable bonds is 6. The molecule has 3 aromatic rings. The molecule has 0 bridgehead atoms. The summed E-state index contributed by atoms with van der Waals surface area (Å²) >= 11 is 0. The first-order valence-electron chi connectivity index (χ1n) is 8.51. The van der Waals surface area contributed by atoms with Crippen LogP contribution in [0.5, 0.6) is 0 Å². The Morgan fingerprint density at radius 3 is 2.80 bits per heavy atom. The first kappa shape index (κ1) is 15.8. The van der Waals surface area contributed by atoms with Gasteiger partial charge in [-0.05, 0) is 42.9 Å². The maximum atomic E-state index is 9.97. The summed E-state index contributed by atoms with van der Waals surface area (Å²) in [6.07, 6.45) is 4.64. The summed E-state index contributed by atoms with van der Waals surface area (Å²) in [7, 11) is 0. The summed E-state index contributed by atoms with van der Waals surface area (Å²) in [4.78, 5) is 12.9. The summed E-state index contributed by atoms with van der Waals surface area (Å²) < 4.78 is 0. The highest BCUT2D eigenvalue weighted by atomic mass is 16.3. The summed E-state index contributed by atoms with van der Waals surface area (Å²) in [6.45, 7) is 0.0602. The smallest absolute Gasteiger partial charge is 0.222 e. The average Bonchev–Trinajstić information content (AvgIpc) is 3.34. The van der Waals surface area contributed by atoms with Gasteiger partial charge in [-0.1, -0.05) is 30.3 Å². The number of benzene rings is 1. The number of pyridine rings is 1. The fourth-order valence-corrected chi connectivity index (χ4v) is 3.44. The Morgan fingerprint density at radius 1 is 1.16 bits per heavy atom. The third-order valence-electron chi connectivity index (χ3n) is 4.98. The molecule has 2 heterocycles. The van der Waals surface area contributed by atoms with E-state index in [9.17, 15) is 5.11 Å². The Kier molecular flexibility index (Phi) is 3.97. The molecular weight excluding hydrogens is 314 g/mol. The highest BCUT2D eigenvalue weighted by molar-refractivity contribution is 5.86. The van der Waals surface area contributed by atoms with Crippen LogP contribution in [0.2, 0.25) is 0 Å². The molecule has 25 heavy (non-hydrogen) atoms. The zero-order valence-electron chi connectivity index (χ0n) is 13.9. The molecule has 1 aliphatic rings. The van der Waals surface area contributed by atoms with Gasteiger partial charge in [0.25, 0.3) is 0 Å². The predicted molar refractivity (Wildman–Crippen MR) is 98.1 cm³/mol. The van der Waals surface area contributed by atoms with Crippen LogP contribution in [-0.4, -0.2) is 32.2 Å². The molecule has 1 aromatic carbocycles. The molecular formula is C19H21N5O. The molecule has 1 saturated carbocycles. The van der Waals surface area contributed by atoms with Crippen molar-refractivity contribution in [2.24, 2.45) is 5.92 Å². The lowest BCUT2D eigenvalue weighted by Crippen LogP contribution is -2.29. The van der Waals surface area contributed by atoms with Crippen LogP contribution in [0.25, 0.3) is 11.0 Å². The Morgan fingerprint density at radius 2 is 2.00 bits per heavy atom. The zero-order chi connectivity index (χ0) is 17.3. The normalized spacial score (nSPS) is 22.0. The molecule has 4 rings (SSSR count). The SMILES string of the molecule is Nc1nc(N[C@]2(CO)C[C@H]2CCc2ccccc2)c2ncccc2n1. The topological polar surface area (TPSA) is 97.0 Å². The zero-order valence-corrected chi connectivity index (χ0v) is 13.9. The van der Waals surface area contributed by atoms with Crippen LogP contribution >= 0.6 is 0 Å². The minimum Gasteiger partial charge on any atom is -0.394 e. The number of anilines is 2. The maximum Gasteiger partial charge on any atom is 0.222 e. The van der Waals surface area contributed by atoms with Crippen LogP contribution in [0, 0.1) is 5.92 Å². The van der Waals surface area contributed by atoms with E-state index in [0.717, 1.165) is 19.3 Å². The molecule has 1 fully saturated rings. The molecule has 0 saturated heterocycles. The molecule has 0 unspecified atom stereocenters. The van der Waals surface area contributed by atoms with Gasteiger partial charge < -0.3 is 16.2 Å². The summed E-state index contributed by atoms with van der Waals surface area (Å²) in [5.74, 6) is 1.20. The van der Waals surface area contributed by atoms with Crippen LogP contribution < -0.4 is 11.1 Å². The predicted octanol–water partition coefficient (Wildman–Crippen LogP) is 2.40. The molecule has 6 nitrogen and oxygen atoms in total. The highest BCUT2D eigenvalue weighted by Gasteiger charge is 2.53. The largest absolute Gasteiger partial charge is 0.394 e. The summed E-state index contributed by atoms with van der Waals surface area (Å²) in [6, 6.07) is 14.1. The van der Waals surface area contributed by atoms with Crippen LogP contribution in [0.4, 0.5) is 11.8 Å². The van der Waals surface area contributed by atoms with Crippen molar-refractivity contribution in [3.05, 3.63) is 54.2 Å². The molecule has 0 aliphatic heterocycles. The fourth-order valence-electron chi connectivity index (χ4n) is 3.44. The first-order valence-corrected chi connectivity index (χ1v) is 8.51. The van der Waals surface area contributed by atoms with Crippen molar-refractivity contribution in [3.8, 4) is 0 Å². The van der Waals surface area contributed by atoms with E-state index in [1.54, 1.807) is 6.20 Å². The second kappa shape index (κ2) is 6.29. The number of hydrogen-bond acceptors (Lipinski definition) is 6. The van der Waals surface area contributed by atoms with Crippen LogP contribution in [0.1, 0.15) is 18.4 Å². The number of nitrogens with zero attached hydrogens (tertiary/aromatic N) is 3. The van der Waals surface area contributed by atoms with Gasteiger partial charge in [0.1, 0.15) is 5.52 Å². The van der Waals surface area contributed by atoms with E-state index in [2.05, 4.69) is 44.5 Å². The van der Waals surface area contributed by atoms with Crippen molar-refractivity contribution in [3.63, 3.8) is 0 Å². The Labute approximate surface area is 146 Å². The third-order valence-corrected chi connectivity index (χ3v) is 4.98. The number of aryl methyl sites for hydroxylation is 1. The minimum atomic E-state index is -0.347. The van der Waals surface area contributed by atoms with Gasteiger partial charge in [0, 0.05) is 6.20 Å². The molecule has 2 aromatic heterocycles. The van der Waals surface area contributed by atoms with Crippen molar-refractivity contribution in [2.45, 2.75) is 24.8 Å². The van der Waals surface area contributed by atoms with E-state index >= 15 is 0 Å². The number of aliphatic hydroxyl groups is 1. The van der Waals surface area contributed by atoms with Gasteiger partial charge >= 0.3 is 0 Å². The van der Waals surface area contributed by atoms with Crippen molar-refractivity contribution in [1.82, 2.24) is 15.0 Å². The standard InChI is InChI=1S/C19H21N5O/c20-18-22-15-7-4-10-21-16(15)17(23-18)24-19(12-25)11-14(19)9-8-13-5-2-1-3-6-13/h1-7,10,14,25H,8-9,11-12H2,(H3,20,22,23,24)/t14-,19+/m1/s1. The van der Waals surface area contributed by atoms with Crippen molar-refractivity contribution in [1.29, 1.82) is 0 Å². The van der Waals surface area contributed by atoms with Crippen molar-refractivity contribution >= 4 is 22.8 Å². The third kappa shape index (κ3) is 3.13. The number of fused-ring (bicyclic) bond motifs is 1. The van der Waals surface area contributed by atoms with Gasteiger partial charge in [-0.15, -0.1) is 0 Å². The Bertz CT molecular complexity index is 885. The molecule has 2 atom stereocenters. The van der Waals surface area contributed by atoms with Crippen molar-refractivity contribution in [2.75, 3.05) is 17.7 Å². The number of hydrogen-bond donors (Lipinski definition) is 3. The second-order valence-corrected chi connectivity index (χ2v) is 6.67. The van der Waals surface area contributed by atoms with Crippen molar-refractivity contribution < 1.29 is 5.11 Å². The van der Waals surface area contributed by atoms with E-state index in [0.29, 0.717) is 22.8 Å². The number of aliphatic hydroxyl groups excluding tert-OH is 1. The van der Waals surface area contributed by atoms with E-state index in [1.165, 1.54) is 5.56 Å². The summed E-state index contributed by atoms with van der Waals surface area (Å²) in [5, 5.41) is 13.4. The van der Waals surface area contributed by atoms with Crippen LogP contribution in [-0.2, 0) is 6.42 Å². The second-order valence-electron chi connectivity index (χ2n) is 6.67. The lowest BCUT2D eigenvalue weighted by atomic mass is 10.0. The lowest BCUT2D eigenvalue weighted by Gasteiger charge is -2.18. The molecule has 4 N–H and O–H groups in total. The molecule has 1 aliphatic carbocycles. The average molecular weight is 335 g/mol. The van der Waals surface area contributed by atoms with Crippen LogP contribution in [0.15, 0.2) is 48.7 Å². The van der Waals surface area contributed by atoms with E-state index in [-0.39, 0.29) is 18.1 Å². The number of nitrogens with one attached hydrogen (secondary N) is 1. The Hall–Kier alpha value is -2.73. The summed E-state index contributed by atoms with van der Waals surface area (Å²) in [5.41, 5.74) is 8.17. The lowest BCUT2D eigenvalue weighted by molar-refractivity contribution is 0.256. The van der Waals surface area contributed by atoms with E-state index in [1.807, 2.05) is 18.2 Å². The monoisotopic (exact) mass is 335 g/mol. The molecule has 0 radical (unpaired) electrons. The van der Waals surface area contributed by atoms with Gasteiger partial charge in [0.2, 0.25) is 5.95 Å². The van der Waals surface area contributed by atoms with E-state index in [4.69, 9.17) is 5.73 Å². The van der Waals surface area contributed by atoms with Gasteiger partial charge in [-0.2, -0.15) is 4.98 Å². The van der Waals surface area contributed by atoms with Gasteiger partial charge in [0.05, 0.1) is 17.7 Å². The molecule has 128 valence electrons. The van der Waals surface area contributed by atoms with Gasteiger partial charge in [0.15, 0.2) is 5.82 Å². The molecule has 6 heteroatoms. The minimum absolute atomic E-state index is 0.0602. The number of nitrogen functional groups attached to an aromatic ring is 1. The quantitative estimate of drug-likeness (QED) is 0.640. The Balaban J connectivity index is 1.52. The van der Waals surface area contributed by atoms with E-state index < -0.39 is 0 Å². The maximum absolute atomic E-state index is 9.97. The number of aromatic nitrogens is 3. The molecule has 0 spiro atoms. The first-order chi connectivity index (χ1) is 12.2. The molecule has 0 amide bonds. The highest BCUT2D eigenvalue weighted by Crippen LogP contribution is 2.48. The van der Waals surface area contributed by atoms with Gasteiger partial charge in [-0.25, -0.2) is 4.98 Å². The fraction of sp³-hybridized carbons (Fsp3) is 0.316. The van der Waals surface area contributed by atoms with Crippen LogP contribution in [0.3, 0.4) is 0 Å².